The molecular formula is C12H26MnN2O8S2+2. The first kappa shape index (κ1) is 29.3. The van der Waals surface area contributed by atoms with Crippen LogP contribution in [-0.4, -0.2) is 43.2 Å². The quantitative estimate of drug-likeness (QED) is 0.345. The molecule has 1 radical (unpaired) electrons. The number of allylic oxidation sites excluding steroid dienone is 2. The molecule has 8 N–H and O–H groups in total. The summed E-state index contributed by atoms with van der Waals surface area (Å²) in [6, 6.07) is 0. The topological polar surface area (TPSA) is 203 Å². The molecule has 13 heteroatoms. The van der Waals surface area contributed by atoms with Crippen molar-refractivity contribution in [2.24, 2.45) is 5.92 Å². The van der Waals surface area contributed by atoms with Gasteiger partial charge in [-0.2, -0.15) is 6.20 Å². The minimum absolute atomic E-state index is 0. The van der Waals surface area contributed by atoms with Gasteiger partial charge in [-0.3, -0.25) is 9.11 Å². The molecule has 1 fully saturated rings. The Bertz CT molecular complexity index is 648. The predicted molar refractivity (Wildman–Crippen MR) is 93.3 cm³/mol. The molecular weight excluding hydrogens is 419 g/mol. The van der Waals surface area contributed by atoms with Gasteiger partial charge in [0.25, 0.3) is 10.1 Å². The van der Waals surface area contributed by atoms with E-state index in [1.165, 1.54) is 6.20 Å². The van der Waals surface area contributed by atoms with Crippen LogP contribution >= 0.6 is 0 Å². The van der Waals surface area contributed by atoms with Gasteiger partial charge < -0.3 is 21.6 Å². The molecule has 2 heterocycles. The summed E-state index contributed by atoms with van der Waals surface area (Å²) in [5.74, 6) is -0.0428. The Morgan fingerprint density at radius 2 is 1.68 bits per heavy atom. The van der Waals surface area contributed by atoms with Gasteiger partial charge in [-0.1, -0.05) is 37.5 Å². The fraction of sp³-hybridized carbons (Fsp3) is 0.667. The van der Waals surface area contributed by atoms with Crippen molar-refractivity contribution in [1.82, 2.24) is 0 Å². The third-order valence-electron chi connectivity index (χ3n) is 3.26. The fourth-order valence-corrected chi connectivity index (χ4v) is 3.97. The van der Waals surface area contributed by atoms with Crippen LogP contribution in [0.1, 0.15) is 26.7 Å². The summed E-state index contributed by atoms with van der Waals surface area (Å²) in [6.07, 6.45) is 6.33. The minimum atomic E-state index is -4.06. The Morgan fingerprint density at radius 1 is 1.12 bits per heavy atom. The average molecular weight is 445 g/mol. The van der Waals surface area contributed by atoms with Gasteiger partial charge in [0, 0.05) is 5.37 Å². The third kappa shape index (κ3) is 9.68. The van der Waals surface area contributed by atoms with Crippen molar-refractivity contribution in [3.63, 3.8) is 0 Å². The Hall–Kier alpha value is -0.501. The van der Waals surface area contributed by atoms with Gasteiger partial charge in [0.05, 0.1) is 0 Å². The van der Waals surface area contributed by atoms with Crippen LogP contribution in [0.25, 0.3) is 10.6 Å². The number of nitrogens with zero attached hydrogens (tertiary/aromatic N) is 2. The summed E-state index contributed by atoms with van der Waals surface area (Å²) in [6.45, 7) is 3.95. The Balaban J connectivity index is -0.000000346. The maximum absolute atomic E-state index is 10.7. The Kier molecular flexibility index (Phi) is 14.0. The van der Waals surface area contributed by atoms with Crippen molar-refractivity contribution in [3.8, 4) is 0 Å². The van der Waals surface area contributed by atoms with Crippen molar-refractivity contribution in [2.45, 2.75) is 37.4 Å². The summed E-state index contributed by atoms with van der Waals surface area (Å²) < 4.78 is 59.8. The van der Waals surface area contributed by atoms with Crippen LogP contribution in [0.4, 0.5) is 0 Å². The molecule has 2 rings (SSSR count). The maximum Gasteiger partial charge on any atom is 2.00 e. The molecule has 10 nitrogen and oxygen atoms in total. The molecule has 0 amide bonds. The van der Waals surface area contributed by atoms with Gasteiger partial charge in [0.1, 0.15) is 0 Å². The zero-order valence-corrected chi connectivity index (χ0v) is 16.7. The van der Waals surface area contributed by atoms with Crippen molar-refractivity contribution in [1.29, 1.82) is 0 Å². The zero-order valence-electron chi connectivity index (χ0n) is 13.9. The molecule has 3 unspecified atom stereocenters. The normalized spacial score (nSPS) is 25.4. The molecule has 1 saturated heterocycles. The van der Waals surface area contributed by atoms with Crippen LogP contribution in [-0.2, 0) is 48.3 Å². The maximum atomic E-state index is 10.7. The summed E-state index contributed by atoms with van der Waals surface area (Å²) >= 11 is 0. The smallest absolute Gasteiger partial charge is 0.670 e. The third-order valence-corrected chi connectivity index (χ3v) is 5.54. The van der Waals surface area contributed by atoms with Crippen molar-refractivity contribution < 1.29 is 54.0 Å². The molecule has 2 aliphatic rings. The van der Waals surface area contributed by atoms with E-state index in [0.717, 1.165) is 12.8 Å². The van der Waals surface area contributed by atoms with E-state index < -0.39 is 31.0 Å². The number of hydrogen-bond donors (Lipinski definition) is 2. The Labute approximate surface area is 158 Å². The van der Waals surface area contributed by atoms with Crippen LogP contribution in [0, 0.1) is 5.92 Å². The minimum Gasteiger partial charge on any atom is -0.670 e. The van der Waals surface area contributed by atoms with E-state index >= 15 is 0 Å². The molecule has 3 atom stereocenters. The van der Waals surface area contributed by atoms with E-state index in [9.17, 15) is 16.8 Å². The van der Waals surface area contributed by atoms with Gasteiger partial charge in [0.2, 0.25) is 10.1 Å². The van der Waals surface area contributed by atoms with Crippen LogP contribution < -0.4 is 0 Å². The van der Waals surface area contributed by atoms with Crippen molar-refractivity contribution in [2.75, 3.05) is 6.54 Å². The SMILES string of the molecule is CC1=CC=C[N-]C1S(=O)(=O)O.CC1CCC[N-]C1S(=O)(=O)O.[Mn+2].[OH3+].[OH3+]. The second-order valence-electron chi connectivity index (χ2n) is 5.20. The monoisotopic (exact) mass is 445 g/mol. The summed E-state index contributed by atoms with van der Waals surface area (Å²) in [5, 5.41) is 5.46. The number of hydrogen-bond acceptors (Lipinski definition) is 4. The van der Waals surface area contributed by atoms with Gasteiger partial charge in [-0.05, 0) is 18.2 Å². The van der Waals surface area contributed by atoms with Crippen molar-refractivity contribution in [3.05, 3.63) is 34.6 Å². The molecule has 0 aromatic rings. The first-order valence-corrected chi connectivity index (χ1v) is 9.66. The van der Waals surface area contributed by atoms with Crippen LogP contribution in [0.2, 0.25) is 0 Å². The van der Waals surface area contributed by atoms with Gasteiger partial charge in [-0.15, -0.1) is 6.54 Å². The second kappa shape index (κ2) is 12.0. The summed E-state index contributed by atoms with van der Waals surface area (Å²) in [7, 11) is -8.00. The number of piperidine rings is 1. The molecule has 0 bridgehead atoms. The predicted octanol–water partition coefficient (Wildman–Crippen LogP) is 0.205. The van der Waals surface area contributed by atoms with Crippen LogP contribution in [0.15, 0.2) is 23.9 Å². The molecule has 0 aromatic carbocycles. The van der Waals surface area contributed by atoms with E-state index in [0.29, 0.717) is 12.1 Å². The Morgan fingerprint density at radius 3 is 2.00 bits per heavy atom. The zero-order chi connectivity index (χ0) is 17.0. The van der Waals surface area contributed by atoms with E-state index in [-0.39, 0.29) is 33.9 Å². The molecule has 0 aromatic heterocycles. The molecule has 0 aliphatic carbocycles. The van der Waals surface area contributed by atoms with Crippen LogP contribution in [0.3, 0.4) is 0 Å². The second-order valence-corrected chi connectivity index (χ2v) is 8.19. The molecule has 25 heavy (non-hydrogen) atoms. The molecule has 2 aliphatic heterocycles. The van der Waals surface area contributed by atoms with Gasteiger partial charge >= 0.3 is 17.1 Å². The molecule has 149 valence electrons. The van der Waals surface area contributed by atoms with E-state index in [4.69, 9.17) is 9.11 Å². The average Bonchev–Trinajstić information content (AvgIpc) is 2.37. The van der Waals surface area contributed by atoms with Crippen molar-refractivity contribution >= 4 is 20.2 Å². The first-order chi connectivity index (χ1) is 10.0. The summed E-state index contributed by atoms with van der Waals surface area (Å²) in [4.78, 5) is 0. The first-order valence-electron chi connectivity index (χ1n) is 6.66. The fourth-order valence-electron chi connectivity index (χ4n) is 2.18. The van der Waals surface area contributed by atoms with Gasteiger partial charge in [0.15, 0.2) is 0 Å². The number of rotatable bonds is 2. The van der Waals surface area contributed by atoms with E-state index in [2.05, 4.69) is 10.6 Å². The van der Waals surface area contributed by atoms with Crippen LogP contribution in [0.5, 0.6) is 0 Å². The van der Waals surface area contributed by atoms with Gasteiger partial charge in [-0.25, -0.2) is 16.8 Å². The molecule has 0 spiro atoms. The van der Waals surface area contributed by atoms with E-state index in [1.807, 2.05) is 0 Å². The summed E-state index contributed by atoms with van der Waals surface area (Å²) in [5.41, 5.74) is 0.523. The van der Waals surface area contributed by atoms with E-state index in [1.54, 1.807) is 26.0 Å². The standard InChI is InChI=1S/C6H12NO3S.C6H8NO3S.Mn.2H2O/c2*1-5-3-2-4-7-6(5)11(8,9)10;;;/h5-6H,2-4H2,1H3,(H,8,9,10);2-4,6H,1H3,(H,8,9,10);;2*1H2/q2*-1;+2;;/p+2. The largest absolute Gasteiger partial charge is 2.00 e. The molecule has 0 saturated carbocycles.